The van der Waals surface area contributed by atoms with E-state index in [1.54, 1.807) is 18.2 Å². The lowest BCUT2D eigenvalue weighted by Crippen LogP contribution is -2.40. The molecule has 0 aliphatic carbocycles. The largest absolute Gasteiger partial charge is 0.524 e. The third-order valence-electron chi connectivity index (χ3n) is 5.75. The first-order valence-electron chi connectivity index (χ1n) is 10.2. The van der Waals surface area contributed by atoms with Crippen LogP contribution in [0.3, 0.4) is 0 Å². The fourth-order valence-corrected chi connectivity index (χ4v) is 4.97. The molecule has 2 aromatic carbocycles. The van der Waals surface area contributed by atoms with Gasteiger partial charge in [0.15, 0.2) is 5.43 Å². The second-order valence-corrected chi connectivity index (χ2v) is 9.85. The van der Waals surface area contributed by atoms with Gasteiger partial charge in [0.1, 0.15) is 36.1 Å². The van der Waals surface area contributed by atoms with E-state index in [0.29, 0.717) is 30.1 Å². The maximum atomic E-state index is 13.1. The summed E-state index contributed by atoms with van der Waals surface area (Å²) in [7, 11) is -1.34. The Morgan fingerprint density at radius 3 is 2.64 bits per heavy atom. The molecule has 4 N–H and O–H groups in total. The highest BCUT2D eigenvalue weighted by atomic mass is 35.5. The van der Waals surface area contributed by atoms with Crippen LogP contribution in [0.1, 0.15) is 17.9 Å². The summed E-state index contributed by atoms with van der Waals surface area (Å²) in [6, 6.07) is 7.29. The predicted molar refractivity (Wildman–Crippen MR) is 126 cm³/mol. The summed E-state index contributed by atoms with van der Waals surface area (Å²) in [5, 5.41) is 21.6. The number of fused-ring (bicyclic) bond motifs is 1. The molecule has 2 unspecified atom stereocenters. The molecule has 9 nitrogen and oxygen atoms in total. The number of aliphatic hydroxyl groups is 1. The van der Waals surface area contributed by atoms with Crippen molar-refractivity contribution in [1.29, 1.82) is 0 Å². The Balaban J connectivity index is 2.03. The average molecular weight is 494 g/mol. The Morgan fingerprint density at radius 2 is 2.00 bits per heavy atom. The fourth-order valence-electron chi connectivity index (χ4n) is 4.24. The normalized spacial score (nSPS) is 19.7. The second kappa shape index (κ2) is 8.79. The molecule has 33 heavy (non-hydrogen) atoms. The van der Waals surface area contributed by atoms with Crippen molar-refractivity contribution in [3.8, 4) is 22.8 Å². The molecule has 1 aliphatic heterocycles. The number of phosphoric ester groups is 1. The minimum Gasteiger partial charge on any atom is -0.507 e. The first kappa shape index (κ1) is 23.8. The number of phenols is 1. The van der Waals surface area contributed by atoms with Crippen LogP contribution in [-0.2, 0) is 4.57 Å². The number of halogens is 1. The van der Waals surface area contributed by atoms with Gasteiger partial charge in [-0.2, -0.15) is 0 Å². The zero-order valence-electron chi connectivity index (χ0n) is 17.9. The summed E-state index contributed by atoms with van der Waals surface area (Å²) in [5.41, 5.74) is 0.737. The molecular formula is C21H22BClNO8P. The minimum absolute atomic E-state index is 0.105. The summed E-state index contributed by atoms with van der Waals surface area (Å²) < 4.78 is 22.2. The second-order valence-electron chi connectivity index (χ2n) is 8.28. The number of phenolic OH excluding ortho intramolecular Hbond substituents is 1. The summed E-state index contributed by atoms with van der Waals surface area (Å²) in [4.78, 5) is 33.7. The number of likely N-dealkylation sites (N-methyl/N-ethyl adjacent to an activating group) is 1. The van der Waals surface area contributed by atoms with Gasteiger partial charge in [-0.3, -0.25) is 14.6 Å². The maximum Gasteiger partial charge on any atom is 0.524 e. The van der Waals surface area contributed by atoms with Crippen LogP contribution in [0.25, 0.3) is 22.3 Å². The third kappa shape index (κ3) is 4.82. The number of β-amino-alcohol motifs (C(OH)–C–C–N with tert-alkyl or cyclic N) is 1. The molecule has 12 heteroatoms. The Morgan fingerprint density at radius 1 is 1.27 bits per heavy atom. The lowest BCUT2D eigenvalue weighted by atomic mass is 9.85. The van der Waals surface area contributed by atoms with Crippen molar-refractivity contribution in [1.82, 2.24) is 4.90 Å². The van der Waals surface area contributed by atoms with Crippen LogP contribution in [0.2, 0.25) is 5.02 Å². The predicted octanol–water partition coefficient (Wildman–Crippen LogP) is 1.33. The number of phosphoric acid groups is 1. The van der Waals surface area contributed by atoms with Crippen LogP contribution in [0.15, 0.2) is 39.5 Å². The fraction of sp³-hybridized carbons (Fsp3) is 0.286. The molecular weight excluding hydrogens is 471 g/mol. The van der Waals surface area contributed by atoms with Crippen LogP contribution in [0.4, 0.5) is 0 Å². The highest BCUT2D eigenvalue weighted by Crippen LogP contribution is 2.47. The van der Waals surface area contributed by atoms with E-state index in [1.165, 1.54) is 0 Å². The standard InChI is InChI=1S/C21H22BClNO8P/c1-24-5-4-12(16(27)9-24)19-14(25)8-18(32-33(28,29)30)20-15(26)7-17(31-21(19)20)11-3-2-10(22)6-13(11)23/h2-3,6-8,12,16,25,27H,4-5,9,22H2,1H3,(H2,28,29,30). The first-order chi connectivity index (χ1) is 15.4. The summed E-state index contributed by atoms with van der Waals surface area (Å²) in [6.45, 7) is 0.956. The SMILES string of the molecule is Bc1ccc(-c2cc(=O)c3c(OP(=O)(O)O)cc(O)c(C4CCN(C)CC4O)c3o2)c(Cl)c1. The van der Waals surface area contributed by atoms with E-state index in [2.05, 4.69) is 0 Å². The van der Waals surface area contributed by atoms with Crippen LogP contribution < -0.4 is 15.4 Å². The van der Waals surface area contributed by atoms with Gasteiger partial charge in [0.25, 0.3) is 0 Å². The molecule has 1 saturated heterocycles. The van der Waals surface area contributed by atoms with Gasteiger partial charge < -0.3 is 24.1 Å². The molecule has 4 rings (SSSR count). The number of hydrogen-bond donors (Lipinski definition) is 4. The molecule has 0 bridgehead atoms. The zero-order chi connectivity index (χ0) is 24.1. The van der Waals surface area contributed by atoms with Gasteiger partial charge in [-0.05, 0) is 26.1 Å². The van der Waals surface area contributed by atoms with E-state index in [4.69, 9.17) is 20.5 Å². The molecule has 1 aromatic heterocycles. The van der Waals surface area contributed by atoms with Gasteiger partial charge in [-0.15, -0.1) is 0 Å². The molecule has 1 aliphatic rings. The van der Waals surface area contributed by atoms with E-state index in [9.17, 15) is 29.4 Å². The number of hydrogen-bond acceptors (Lipinski definition) is 7. The highest BCUT2D eigenvalue weighted by molar-refractivity contribution is 7.46. The first-order valence-corrected chi connectivity index (χ1v) is 12.1. The van der Waals surface area contributed by atoms with E-state index in [1.807, 2.05) is 19.8 Å². The van der Waals surface area contributed by atoms with E-state index < -0.39 is 36.8 Å². The quantitative estimate of drug-likeness (QED) is 0.313. The lowest BCUT2D eigenvalue weighted by molar-refractivity contribution is 0.0630. The van der Waals surface area contributed by atoms with E-state index in [0.717, 1.165) is 17.6 Å². The molecule has 0 saturated carbocycles. The van der Waals surface area contributed by atoms with Crippen molar-refractivity contribution < 1.29 is 33.5 Å². The summed E-state index contributed by atoms with van der Waals surface area (Å²) in [5.74, 6) is -1.40. The van der Waals surface area contributed by atoms with Gasteiger partial charge in [0.2, 0.25) is 0 Å². The number of piperidine rings is 1. The minimum atomic E-state index is -5.05. The Kier molecular flexibility index (Phi) is 6.35. The maximum absolute atomic E-state index is 13.1. The number of rotatable bonds is 4. The van der Waals surface area contributed by atoms with Crippen LogP contribution in [-0.4, -0.2) is 59.0 Å². The van der Waals surface area contributed by atoms with Crippen molar-refractivity contribution in [2.45, 2.75) is 18.4 Å². The lowest BCUT2D eigenvalue weighted by Gasteiger charge is -2.34. The Bertz CT molecular complexity index is 1340. The average Bonchev–Trinajstić information content (AvgIpc) is 2.67. The van der Waals surface area contributed by atoms with Crippen molar-refractivity contribution in [3.63, 3.8) is 0 Å². The molecule has 174 valence electrons. The van der Waals surface area contributed by atoms with E-state index in [-0.39, 0.29) is 22.3 Å². The van der Waals surface area contributed by atoms with Gasteiger partial charge in [-0.25, -0.2) is 4.57 Å². The summed E-state index contributed by atoms with van der Waals surface area (Å²) in [6.07, 6.45) is -0.415. The number of benzene rings is 2. The molecule has 0 radical (unpaired) electrons. The highest BCUT2D eigenvalue weighted by Gasteiger charge is 2.34. The Labute approximate surface area is 194 Å². The molecule has 0 amide bonds. The molecule has 2 atom stereocenters. The van der Waals surface area contributed by atoms with Crippen LogP contribution in [0, 0.1) is 0 Å². The summed E-state index contributed by atoms with van der Waals surface area (Å²) >= 11 is 6.36. The van der Waals surface area contributed by atoms with Crippen molar-refractivity contribution >= 4 is 43.7 Å². The number of nitrogens with zero attached hydrogens (tertiary/aromatic N) is 1. The number of likely N-dealkylation sites (tertiary alicyclic amines) is 1. The smallest absolute Gasteiger partial charge is 0.507 e. The topological polar surface area (TPSA) is 141 Å². The number of aromatic hydroxyl groups is 1. The van der Waals surface area contributed by atoms with Crippen LogP contribution in [0.5, 0.6) is 11.5 Å². The van der Waals surface area contributed by atoms with Crippen molar-refractivity contribution in [3.05, 3.63) is 51.1 Å². The third-order valence-corrected chi connectivity index (χ3v) is 6.49. The molecule has 1 fully saturated rings. The van der Waals surface area contributed by atoms with Gasteiger partial charge in [-0.1, -0.05) is 29.2 Å². The van der Waals surface area contributed by atoms with Gasteiger partial charge in [0.05, 0.1) is 11.1 Å². The monoisotopic (exact) mass is 493 g/mol. The molecule has 0 spiro atoms. The van der Waals surface area contributed by atoms with Crippen molar-refractivity contribution in [2.75, 3.05) is 20.1 Å². The van der Waals surface area contributed by atoms with Crippen LogP contribution >= 0.6 is 19.4 Å². The zero-order valence-corrected chi connectivity index (χ0v) is 19.5. The van der Waals surface area contributed by atoms with Crippen molar-refractivity contribution in [2.24, 2.45) is 0 Å². The Hall–Kier alpha value is -2.33. The molecule has 3 aromatic rings. The van der Waals surface area contributed by atoms with Gasteiger partial charge >= 0.3 is 7.82 Å². The van der Waals surface area contributed by atoms with Gasteiger partial charge in [0, 0.05) is 35.7 Å². The van der Waals surface area contributed by atoms with E-state index >= 15 is 0 Å². The molecule has 2 heterocycles. The number of aliphatic hydroxyl groups excluding tert-OH is 1.